The van der Waals surface area contributed by atoms with Gasteiger partial charge in [-0.25, -0.2) is 4.79 Å². The molecule has 0 amide bonds. The van der Waals surface area contributed by atoms with Crippen molar-refractivity contribution in [1.29, 1.82) is 0 Å². The fourth-order valence-corrected chi connectivity index (χ4v) is 5.06. The van der Waals surface area contributed by atoms with Crippen LogP contribution in [0.5, 0.6) is 11.5 Å². The van der Waals surface area contributed by atoms with E-state index in [4.69, 9.17) is 0 Å². The summed E-state index contributed by atoms with van der Waals surface area (Å²) in [6.07, 6.45) is 0. The molecule has 8 nitrogen and oxygen atoms in total. The first-order chi connectivity index (χ1) is 16.9. The van der Waals surface area contributed by atoms with Gasteiger partial charge in [0.2, 0.25) is 0 Å². The van der Waals surface area contributed by atoms with Crippen LogP contribution in [0.4, 0.5) is 5.69 Å². The number of phenols is 2. The molecule has 3 N–H and O–H groups in total. The van der Waals surface area contributed by atoms with Crippen LogP contribution in [0.15, 0.2) is 82.4 Å². The summed E-state index contributed by atoms with van der Waals surface area (Å²) in [5.41, 5.74) is 4.26. The second-order valence-corrected chi connectivity index (χ2v) is 8.71. The van der Waals surface area contributed by atoms with Crippen LogP contribution in [0.25, 0.3) is 27.8 Å². The molecule has 3 aromatic carbocycles. The standard InChI is InChI=1S/C27H22N4O4/c1-29-24-21(26(34)30(2)27(29)35)23(15-8-4-3-5-9-15)31-18-11-7-6-10-17(18)28-22(25(24)31)16-12-13-19(32)20(33)14-16/h3-14,22,28,32-33H,1-2H3/t22-/m1/s1. The number of nitrogens with one attached hydrogen (secondary N) is 1. The Hall–Kier alpha value is -4.72. The predicted molar refractivity (Wildman–Crippen MR) is 134 cm³/mol. The van der Waals surface area contributed by atoms with Crippen LogP contribution in [0, 0.1) is 0 Å². The molecular weight excluding hydrogens is 444 g/mol. The number of anilines is 1. The number of aromatic nitrogens is 3. The summed E-state index contributed by atoms with van der Waals surface area (Å²) >= 11 is 0. The lowest BCUT2D eigenvalue weighted by Gasteiger charge is -2.31. The van der Waals surface area contributed by atoms with Crippen LogP contribution in [-0.2, 0) is 14.1 Å². The number of aryl methyl sites for hydroxylation is 1. The van der Waals surface area contributed by atoms with Gasteiger partial charge in [0.05, 0.1) is 39.7 Å². The maximum Gasteiger partial charge on any atom is 0.331 e. The topological polar surface area (TPSA) is 101 Å². The Morgan fingerprint density at radius 2 is 1.54 bits per heavy atom. The predicted octanol–water partition coefficient (Wildman–Crippen LogP) is 3.62. The van der Waals surface area contributed by atoms with E-state index in [9.17, 15) is 19.8 Å². The first-order valence-corrected chi connectivity index (χ1v) is 11.2. The van der Waals surface area contributed by atoms with Crippen LogP contribution in [0.2, 0.25) is 0 Å². The Bertz CT molecular complexity index is 1760. The third kappa shape index (κ3) is 2.86. The Labute approximate surface area is 199 Å². The Morgan fingerprint density at radius 1 is 0.829 bits per heavy atom. The summed E-state index contributed by atoms with van der Waals surface area (Å²) in [5, 5.41) is 24.1. The number of para-hydroxylation sites is 2. The number of aromatic hydroxyl groups is 2. The van der Waals surface area contributed by atoms with E-state index in [1.54, 1.807) is 13.1 Å². The number of rotatable bonds is 2. The second kappa shape index (κ2) is 7.39. The van der Waals surface area contributed by atoms with Crippen molar-refractivity contribution in [3.8, 4) is 28.4 Å². The average molecular weight is 466 g/mol. The highest BCUT2D eigenvalue weighted by Gasteiger charge is 2.34. The zero-order chi connectivity index (χ0) is 24.4. The SMILES string of the molecule is Cn1c(=O)c2c(-c3ccccc3)n3c(c2n(C)c1=O)[C@@H](c1ccc(O)c(O)c1)Nc1ccccc1-3. The van der Waals surface area contributed by atoms with Crippen molar-refractivity contribution >= 4 is 16.6 Å². The second-order valence-electron chi connectivity index (χ2n) is 8.71. The third-order valence-corrected chi connectivity index (χ3v) is 6.71. The molecule has 1 aliphatic rings. The van der Waals surface area contributed by atoms with Crippen molar-refractivity contribution in [3.63, 3.8) is 0 Å². The van der Waals surface area contributed by atoms with E-state index < -0.39 is 11.7 Å². The molecule has 0 spiro atoms. The van der Waals surface area contributed by atoms with Gasteiger partial charge in [-0.15, -0.1) is 0 Å². The van der Waals surface area contributed by atoms with Gasteiger partial charge in [0.25, 0.3) is 5.56 Å². The zero-order valence-corrected chi connectivity index (χ0v) is 19.1. The fourth-order valence-electron chi connectivity index (χ4n) is 5.06. The van der Waals surface area contributed by atoms with E-state index in [1.165, 1.54) is 23.7 Å². The molecule has 5 aromatic rings. The molecule has 8 heteroatoms. The van der Waals surface area contributed by atoms with E-state index in [0.29, 0.717) is 27.9 Å². The molecule has 2 aromatic heterocycles. The quantitative estimate of drug-likeness (QED) is 0.345. The molecule has 1 atom stereocenters. The van der Waals surface area contributed by atoms with Crippen LogP contribution < -0.4 is 16.6 Å². The molecule has 0 fully saturated rings. The first kappa shape index (κ1) is 20.9. The molecule has 0 aliphatic carbocycles. The lowest BCUT2D eigenvalue weighted by atomic mass is 9.99. The van der Waals surface area contributed by atoms with Crippen molar-refractivity contribution in [2.45, 2.75) is 6.04 Å². The monoisotopic (exact) mass is 466 g/mol. The first-order valence-electron chi connectivity index (χ1n) is 11.2. The summed E-state index contributed by atoms with van der Waals surface area (Å²) < 4.78 is 4.65. The van der Waals surface area contributed by atoms with E-state index in [-0.39, 0.29) is 17.1 Å². The zero-order valence-electron chi connectivity index (χ0n) is 19.1. The van der Waals surface area contributed by atoms with Crippen LogP contribution >= 0.6 is 0 Å². The number of benzene rings is 3. The molecule has 0 unspecified atom stereocenters. The molecular formula is C27H22N4O4. The van der Waals surface area contributed by atoms with Crippen LogP contribution in [0.3, 0.4) is 0 Å². The highest BCUT2D eigenvalue weighted by atomic mass is 16.3. The third-order valence-electron chi connectivity index (χ3n) is 6.71. The van der Waals surface area contributed by atoms with Gasteiger partial charge in [-0.2, -0.15) is 0 Å². The number of hydrogen-bond donors (Lipinski definition) is 3. The summed E-state index contributed by atoms with van der Waals surface area (Å²) in [5.74, 6) is -0.477. The lowest BCUT2D eigenvalue weighted by Crippen LogP contribution is -2.37. The molecule has 0 saturated carbocycles. The summed E-state index contributed by atoms with van der Waals surface area (Å²) in [6, 6.07) is 21.5. The van der Waals surface area contributed by atoms with Crippen molar-refractivity contribution in [1.82, 2.24) is 13.7 Å². The van der Waals surface area contributed by atoms with Gasteiger partial charge in [-0.3, -0.25) is 13.9 Å². The smallest absolute Gasteiger partial charge is 0.331 e. The van der Waals surface area contributed by atoms with Gasteiger partial charge < -0.3 is 20.1 Å². The summed E-state index contributed by atoms with van der Waals surface area (Å²) in [6.45, 7) is 0. The molecule has 0 bridgehead atoms. The van der Waals surface area contributed by atoms with Gasteiger partial charge >= 0.3 is 5.69 Å². The largest absolute Gasteiger partial charge is 0.504 e. The van der Waals surface area contributed by atoms with Crippen molar-refractivity contribution in [3.05, 3.63) is 105 Å². The Balaban J connectivity index is 1.86. The van der Waals surface area contributed by atoms with Gasteiger partial charge in [0, 0.05) is 14.1 Å². The molecule has 0 saturated heterocycles. The van der Waals surface area contributed by atoms with Gasteiger partial charge in [-0.05, 0) is 35.4 Å². The highest BCUT2D eigenvalue weighted by molar-refractivity contribution is 5.99. The minimum absolute atomic E-state index is 0.226. The number of nitrogens with zero attached hydrogens (tertiary/aromatic N) is 3. The fraction of sp³-hybridized carbons (Fsp3) is 0.111. The van der Waals surface area contributed by atoms with E-state index >= 15 is 0 Å². The highest BCUT2D eigenvalue weighted by Crippen LogP contribution is 2.46. The molecule has 174 valence electrons. The summed E-state index contributed by atoms with van der Waals surface area (Å²) in [7, 11) is 3.14. The van der Waals surface area contributed by atoms with Gasteiger partial charge in [0.1, 0.15) is 0 Å². The molecule has 35 heavy (non-hydrogen) atoms. The van der Waals surface area contributed by atoms with Gasteiger partial charge in [-0.1, -0.05) is 48.5 Å². The van der Waals surface area contributed by atoms with Crippen molar-refractivity contribution < 1.29 is 10.2 Å². The van der Waals surface area contributed by atoms with E-state index in [2.05, 4.69) is 5.32 Å². The minimum Gasteiger partial charge on any atom is -0.504 e. The Kier molecular flexibility index (Phi) is 4.41. The summed E-state index contributed by atoms with van der Waals surface area (Å²) in [4.78, 5) is 26.7. The maximum atomic E-state index is 13.6. The Morgan fingerprint density at radius 3 is 2.29 bits per heavy atom. The number of hydrogen-bond acceptors (Lipinski definition) is 5. The van der Waals surface area contributed by atoms with Crippen molar-refractivity contribution in [2.24, 2.45) is 14.1 Å². The molecule has 3 heterocycles. The number of phenolic OH excluding ortho intramolecular Hbond substituents is 2. The van der Waals surface area contributed by atoms with Crippen molar-refractivity contribution in [2.75, 3.05) is 5.32 Å². The van der Waals surface area contributed by atoms with Crippen LogP contribution in [0.1, 0.15) is 17.3 Å². The average Bonchev–Trinajstić information content (AvgIpc) is 3.24. The maximum absolute atomic E-state index is 13.6. The molecule has 6 rings (SSSR count). The lowest BCUT2D eigenvalue weighted by molar-refractivity contribution is 0.403. The molecule has 1 aliphatic heterocycles. The normalized spacial score (nSPS) is 14.4. The van der Waals surface area contributed by atoms with E-state index in [0.717, 1.165) is 21.5 Å². The molecule has 0 radical (unpaired) electrons. The minimum atomic E-state index is -0.519. The number of fused-ring (bicyclic) bond motifs is 5. The van der Waals surface area contributed by atoms with Crippen LogP contribution in [-0.4, -0.2) is 23.9 Å². The van der Waals surface area contributed by atoms with Gasteiger partial charge in [0.15, 0.2) is 11.5 Å². The van der Waals surface area contributed by atoms with E-state index in [1.807, 2.05) is 59.2 Å².